The second kappa shape index (κ2) is 4.20. The summed E-state index contributed by atoms with van der Waals surface area (Å²) in [5, 5.41) is 7.03. The molecule has 1 aliphatic carbocycles. The van der Waals surface area contributed by atoms with E-state index < -0.39 is 0 Å². The number of benzene rings is 1. The molecule has 0 bridgehead atoms. The van der Waals surface area contributed by atoms with Crippen molar-refractivity contribution in [3.8, 4) is 11.4 Å². The van der Waals surface area contributed by atoms with Gasteiger partial charge >= 0.3 is 0 Å². The predicted octanol–water partition coefficient (Wildman–Crippen LogP) is 2.95. The molecule has 1 aliphatic rings. The molecule has 2 aromatic rings. The van der Waals surface area contributed by atoms with Gasteiger partial charge in [0.15, 0.2) is 16.3 Å². The van der Waals surface area contributed by atoms with Gasteiger partial charge in [0.1, 0.15) is 5.82 Å². The molecule has 1 fully saturated rings. The van der Waals surface area contributed by atoms with Crippen LogP contribution in [0.5, 0.6) is 5.75 Å². The topological polar surface area (TPSA) is 42.8 Å². The van der Waals surface area contributed by atoms with E-state index in [1.807, 2.05) is 4.57 Å². The molecule has 1 heterocycles. The molecule has 0 unspecified atom stereocenters. The van der Waals surface area contributed by atoms with Gasteiger partial charge in [0, 0.05) is 12.0 Å². The van der Waals surface area contributed by atoms with E-state index in [0.29, 0.717) is 10.7 Å². The number of halogens is 1. The van der Waals surface area contributed by atoms with Crippen LogP contribution in [0.3, 0.4) is 0 Å². The van der Waals surface area contributed by atoms with Crippen LogP contribution in [0.15, 0.2) is 18.2 Å². The lowest BCUT2D eigenvalue weighted by Crippen LogP contribution is -2.01. The van der Waals surface area contributed by atoms with Crippen LogP contribution >= 0.6 is 12.2 Å². The molecule has 94 valence electrons. The molecule has 4 nitrogen and oxygen atoms in total. The number of hydrogen-bond donors (Lipinski definition) is 1. The van der Waals surface area contributed by atoms with Crippen molar-refractivity contribution < 1.29 is 9.13 Å². The van der Waals surface area contributed by atoms with Crippen LogP contribution in [0, 0.1) is 10.6 Å². The molecule has 6 heteroatoms. The highest BCUT2D eigenvalue weighted by atomic mass is 32.1. The van der Waals surface area contributed by atoms with E-state index in [1.54, 1.807) is 12.1 Å². The van der Waals surface area contributed by atoms with Crippen LogP contribution in [0.2, 0.25) is 0 Å². The molecular formula is C12H12FN3OS. The molecule has 0 saturated heterocycles. The minimum atomic E-state index is -0.385. The highest BCUT2D eigenvalue weighted by molar-refractivity contribution is 7.71. The van der Waals surface area contributed by atoms with Crippen molar-refractivity contribution in [1.82, 2.24) is 14.8 Å². The van der Waals surface area contributed by atoms with Gasteiger partial charge in [-0.1, -0.05) is 0 Å². The number of aromatic amines is 1. The highest BCUT2D eigenvalue weighted by Gasteiger charge is 2.29. The first-order valence-corrected chi connectivity index (χ1v) is 6.12. The number of rotatable bonds is 3. The number of hydrogen-bond acceptors (Lipinski definition) is 3. The van der Waals surface area contributed by atoms with Crippen LogP contribution in [0.25, 0.3) is 5.69 Å². The molecule has 1 saturated carbocycles. The van der Waals surface area contributed by atoms with E-state index in [0.717, 1.165) is 24.4 Å². The van der Waals surface area contributed by atoms with E-state index in [9.17, 15) is 4.39 Å². The lowest BCUT2D eigenvalue weighted by molar-refractivity contribution is 0.386. The summed E-state index contributed by atoms with van der Waals surface area (Å²) < 4.78 is 20.7. The fourth-order valence-electron chi connectivity index (χ4n) is 1.96. The first-order valence-electron chi connectivity index (χ1n) is 5.72. The lowest BCUT2D eigenvalue weighted by atomic mass is 10.2. The van der Waals surface area contributed by atoms with Gasteiger partial charge in [-0.25, -0.2) is 4.39 Å². The summed E-state index contributed by atoms with van der Waals surface area (Å²) in [6, 6.07) is 4.68. The zero-order chi connectivity index (χ0) is 12.7. The minimum absolute atomic E-state index is 0.206. The molecule has 0 radical (unpaired) electrons. The summed E-state index contributed by atoms with van der Waals surface area (Å²) in [7, 11) is 1.44. The number of aromatic nitrogens is 3. The highest BCUT2D eigenvalue weighted by Crippen LogP contribution is 2.40. The van der Waals surface area contributed by atoms with Gasteiger partial charge in [0.2, 0.25) is 0 Å². The van der Waals surface area contributed by atoms with Crippen LogP contribution in [0.4, 0.5) is 4.39 Å². The van der Waals surface area contributed by atoms with Crippen molar-refractivity contribution in [3.05, 3.63) is 34.6 Å². The molecule has 18 heavy (non-hydrogen) atoms. The molecule has 1 aromatic carbocycles. The summed E-state index contributed by atoms with van der Waals surface area (Å²) in [5.41, 5.74) is 0.772. The van der Waals surface area contributed by atoms with Crippen molar-refractivity contribution in [2.24, 2.45) is 0 Å². The SMILES string of the molecule is COc1cc(-n2c(C3CC3)n[nH]c2=S)ccc1F. The van der Waals surface area contributed by atoms with Crippen LogP contribution in [-0.4, -0.2) is 21.9 Å². The Kier molecular flexibility index (Phi) is 2.66. The predicted molar refractivity (Wildman–Crippen MR) is 67.2 cm³/mol. The van der Waals surface area contributed by atoms with Gasteiger partial charge in [-0.3, -0.25) is 9.67 Å². The Morgan fingerprint density at radius 1 is 1.50 bits per heavy atom. The number of nitrogens with zero attached hydrogens (tertiary/aromatic N) is 2. The van der Waals surface area contributed by atoms with Crippen molar-refractivity contribution >= 4 is 12.2 Å². The zero-order valence-corrected chi connectivity index (χ0v) is 10.6. The number of H-pyrrole nitrogens is 1. The fourth-order valence-corrected chi connectivity index (χ4v) is 2.21. The monoisotopic (exact) mass is 265 g/mol. The molecule has 0 aliphatic heterocycles. The standard InChI is InChI=1S/C12H12FN3OS/c1-17-10-6-8(4-5-9(10)13)16-11(7-2-3-7)14-15-12(16)18/h4-7H,2-3H2,1H3,(H,15,18). The Balaban J connectivity index is 2.14. The van der Waals surface area contributed by atoms with Gasteiger partial charge in [-0.2, -0.15) is 5.10 Å². The average Bonchev–Trinajstić information content (AvgIpc) is 3.14. The molecule has 0 spiro atoms. The van der Waals surface area contributed by atoms with E-state index in [4.69, 9.17) is 17.0 Å². The van der Waals surface area contributed by atoms with Crippen LogP contribution in [-0.2, 0) is 0 Å². The minimum Gasteiger partial charge on any atom is -0.494 e. The van der Waals surface area contributed by atoms with E-state index in [1.165, 1.54) is 13.2 Å². The number of methoxy groups -OCH3 is 1. The summed E-state index contributed by atoms with van der Waals surface area (Å²) in [6.07, 6.45) is 2.25. The fraction of sp³-hybridized carbons (Fsp3) is 0.333. The maximum absolute atomic E-state index is 13.4. The normalized spacial score (nSPS) is 14.8. The third-order valence-electron chi connectivity index (χ3n) is 3.03. The molecule has 1 N–H and O–H groups in total. The first-order chi connectivity index (χ1) is 8.70. The number of ether oxygens (including phenoxy) is 1. The molecule has 0 amide bonds. The van der Waals surface area contributed by atoms with Crippen molar-refractivity contribution in [3.63, 3.8) is 0 Å². The van der Waals surface area contributed by atoms with Crippen LogP contribution < -0.4 is 4.74 Å². The first kappa shape index (κ1) is 11.4. The Morgan fingerprint density at radius 3 is 2.94 bits per heavy atom. The van der Waals surface area contributed by atoms with E-state index in [2.05, 4.69) is 10.2 Å². The maximum atomic E-state index is 13.4. The Morgan fingerprint density at radius 2 is 2.28 bits per heavy atom. The van der Waals surface area contributed by atoms with E-state index >= 15 is 0 Å². The second-order valence-corrected chi connectivity index (χ2v) is 4.70. The maximum Gasteiger partial charge on any atom is 0.199 e. The van der Waals surface area contributed by atoms with Crippen LogP contribution in [0.1, 0.15) is 24.6 Å². The third kappa shape index (κ3) is 1.82. The molecule has 3 rings (SSSR count). The molecule has 1 aromatic heterocycles. The van der Waals surface area contributed by atoms with Gasteiger partial charge in [0.05, 0.1) is 12.8 Å². The Hall–Kier alpha value is -1.69. The molecular weight excluding hydrogens is 253 g/mol. The van der Waals surface area contributed by atoms with Gasteiger partial charge in [0.25, 0.3) is 0 Å². The van der Waals surface area contributed by atoms with Crippen molar-refractivity contribution in [2.75, 3.05) is 7.11 Å². The zero-order valence-electron chi connectivity index (χ0n) is 9.81. The van der Waals surface area contributed by atoms with Gasteiger partial charge in [-0.15, -0.1) is 0 Å². The van der Waals surface area contributed by atoms with Crippen molar-refractivity contribution in [2.45, 2.75) is 18.8 Å². The summed E-state index contributed by atoms with van der Waals surface area (Å²) in [5.74, 6) is 1.18. The number of nitrogens with one attached hydrogen (secondary N) is 1. The largest absolute Gasteiger partial charge is 0.494 e. The molecule has 0 atom stereocenters. The van der Waals surface area contributed by atoms with Gasteiger partial charge in [-0.05, 0) is 37.2 Å². The smallest absolute Gasteiger partial charge is 0.199 e. The second-order valence-electron chi connectivity index (χ2n) is 4.32. The summed E-state index contributed by atoms with van der Waals surface area (Å²) in [4.78, 5) is 0. The van der Waals surface area contributed by atoms with Gasteiger partial charge < -0.3 is 4.74 Å². The van der Waals surface area contributed by atoms with Crippen molar-refractivity contribution in [1.29, 1.82) is 0 Å². The Bertz CT molecular complexity index is 645. The average molecular weight is 265 g/mol. The lowest BCUT2D eigenvalue weighted by Gasteiger charge is -2.08. The quantitative estimate of drug-likeness (QED) is 0.868. The third-order valence-corrected chi connectivity index (χ3v) is 3.31. The Labute approximate surface area is 108 Å². The van der Waals surface area contributed by atoms with E-state index in [-0.39, 0.29) is 11.6 Å². The summed E-state index contributed by atoms with van der Waals surface area (Å²) >= 11 is 5.22. The summed E-state index contributed by atoms with van der Waals surface area (Å²) in [6.45, 7) is 0.